The number of carbonyl (C=O) groups is 1. The Bertz CT molecular complexity index is 402. The van der Waals surface area contributed by atoms with Crippen LogP contribution in [0.4, 0.5) is 10.5 Å². The quantitative estimate of drug-likeness (QED) is 0.795. The van der Waals surface area contributed by atoms with Crippen molar-refractivity contribution in [3.05, 3.63) is 41.1 Å². The molecule has 0 saturated carbocycles. The summed E-state index contributed by atoms with van der Waals surface area (Å²) in [5.41, 5.74) is 2.25. The first kappa shape index (κ1) is 11.6. The summed E-state index contributed by atoms with van der Waals surface area (Å²) in [4.78, 5) is 11.3. The molecule has 2 N–H and O–H groups in total. The second-order valence-electron chi connectivity index (χ2n) is 3.32. The molecule has 0 atom stereocenters. The van der Waals surface area contributed by atoms with Gasteiger partial charge in [0, 0.05) is 16.4 Å². The molecule has 0 fully saturated rings. The number of urea groups is 1. The van der Waals surface area contributed by atoms with Crippen molar-refractivity contribution >= 4 is 23.3 Å². The SMILES string of the molecule is C=C(C)NC(=O)Nc1ccc(Cl)cc1C. The van der Waals surface area contributed by atoms with Crippen molar-refractivity contribution in [2.24, 2.45) is 0 Å². The molecule has 0 aliphatic rings. The van der Waals surface area contributed by atoms with Crippen molar-refractivity contribution in [1.29, 1.82) is 0 Å². The molecule has 1 aromatic rings. The first-order valence-electron chi connectivity index (χ1n) is 4.48. The molecule has 3 nitrogen and oxygen atoms in total. The van der Waals surface area contributed by atoms with E-state index in [9.17, 15) is 4.79 Å². The predicted octanol–water partition coefficient (Wildman–Crippen LogP) is 3.30. The van der Waals surface area contributed by atoms with Gasteiger partial charge in [-0.2, -0.15) is 0 Å². The van der Waals surface area contributed by atoms with Crippen LogP contribution < -0.4 is 10.6 Å². The van der Waals surface area contributed by atoms with Crippen molar-refractivity contribution in [3.63, 3.8) is 0 Å². The lowest BCUT2D eigenvalue weighted by atomic mass is 10.2. The Labute approximate surface area is 94.1 Å². The lowest BCUT2D eigenvalue weighted by molar-refractivity contribution is 0.254. The van der Waals surface area contributed by atoms with Gasteiger partial charge in [0.25, 0.3) is 0 Å². The second-order valence-corrected chi connectivity index (χ2v) is 3.76. The summed E-state index contributed by atoms with van der Waals surface area (Å²) < 4.78 is 0. The molecule has 1 aromatic carbocycles. The summed E-state index contributed by atoms with van der Waals surface area (Å²) in [6.45, 7) is 7.17. The van der Waals surface area contributed by atoms with E-state index >= 15 is 0 Å². The minimum Gasteiger partial charge on any atom is -0.312 e. The Morgan fingerprint density at radius 3 is 2.67 bits per heavy atom. The zero-order valence-corrected chi connectivity index (χ0v) is 9.48. The number of anilines is 1. The zero-order chi connectivity index (χ0) is 11.4. The van der Waals surface area contributed by atoms with Crippen LogP contribution in [-0.2, 0) is 0 Å². The molecule has 0 unspecified atom stereocenters. The van der Waals surface area contributed by atoms with Crippen molar-refractivity contribution in [1.82, 2.24) is 5.32 Å². The zero-order valence-electron chi connectivity index (χ0n) is 8.73. The average Bonchev–Trinajstić information content (AvgIpc) is 2.08. The third kappa shape index (κ3) is 3.64. The summed E-state index contributed by atoms with van der Waals surface area (Å²) >= 11 is 5.80. The third-order valence-corrected chi connectivity index (χ3v) is 2.00. The van der Waals surface area contributed by atoms with Gasteiger partial charge in [-0.1, -0.05) is 18.2 Å². The molecule has 0 spiro atoms. The smallest absolute Gasteiger partial charge is 0.312 e. The minimum absolute atomic E-state index is 0.298. The predicted molar refractivity (Wildman–Crippen MR) is 63.2 cm³/mol. The number of benzene rings is 1. The van der Waals surface area contributed by atoms with Gasteiger partial charge in [0.05, 0.1) is 0 Å². The molecule has 1 rings (SSSR count). The van der Waals surface area contributed by atoms with Crippen molar-refractivity contribution in [2.45, 2.75) is 13.8 Å². The monoisotopic (exact) mass is 224 g/mol. The van der Waals surface area contributed by atoms with Gasteiger partial charge in [-0.3, -0.25) is 0 Å². The van der Waals surface area contributed by atoms with Crippen LogP contribution in [0.3, 0.4) is 0 Å². The first-order chi connectivity index (χ1) is 6.99. The summed E-state index contributed by atoms with van der Waals surface area (Å²) in [6, 6.07) is 4.98. The van der Waals surface area contributed by atoms with Gasteiger partial charge in [0.2, 0.25) is 0 Å². The van der Waals surface area contributed by atoms with E-state index in [-0.39, 0.29) is 6.03 Å². The Balaban J connectivity index is 2.72. The maximum absolute atomic E-state index is 11.3. The highest BCUT2D eigenvalue weighted by Gasteiger charge is 2.03. The Morgan fingerprint density at radius 1 is 1.47 bits per heavy atom. The van der Waals surface area contributed by atoms with E-state index < -0.39 is 0 Å². The molecule has 0 bridgehead atoms. The van der Waals surface area contributed by atoms with Crippen LogP contribution in [0.1, 0.15) is 12.5 Å². The van der Waals surface area contributed by atoms with Crippen molar-refractivity contribution in [2.75, 3.05) is 5.32 Å². The number of aryl methyl sites for hydroxylation is 1. The largest absolute Gasteiger partial charge is 0.323 e. The van der Waals surface area contributed by atoms with E-state index in [0.717, 1.165) is 11.3 Å². The Kier molecular flexibility index (Phi) is 3.74. The van der Waals surface area contributed by atoms with Gasteiger partial charge in [-0.05, 0) is 37.6 Å². The van der Waals surface area contributed by atoms with Crippen LogP contribution >= 0.6 is 11.6 Å². The molecule has 0 heterocycles. The highest BCUT2D eigenvalue weighted by molar-refractivity contribution is 6.30. The van der Waals surface area contributed by atoms with E-state index in [4.69, 9.17) is 11.6 Å². The van der Waals surface area contributed by atoms with Crippen molar-refractivity contribution < 1.29 is 4.79 Å². The van der Waals surface area contributed by atoms with Crippen LogP contribution in [0, 0.1) is 6.92 Å². The number of rotatable bonds is 2. The Hall–Kier alpha value is -1.48. The maximum Gasteiger partial charge on any atom is 0.323 e. The van der Waals surface area contributed by atoms with Gasteiger partial charge in [0.1, 0.15) is 0 Å². The molecule has 0 aromatic heterocycles. The molecule has 0 aliphatic heterocycles. The summed E-state index contributed by atoms with van der Waals surface area (Å²) in [6.07, 6.45) is 0. The average molecular weight is 225 g/mol. The maximum atomic E-state index is 11.3. The summed E-state index contributed by atoms with van der Waals surface area (Å²) in [5.74, 6) is 0. The molecular weight excluding hydrogens is 212 g/mol. The van der Waals surface area contributed by atoms with E-state index in [1.165, 1.54) is 0 Å². The fourth-order valence-electron chi connectivity index (χ4n) is 1.11. The van der Waals surface area contributed by atoms with Gasteiger partial charge in [0.15, 0.2) is 0 Å². The molecule has 0 radical (unpaired) electrons. The summed E-state index contributed by atoms with van der Waals surface area (Å²) in [5, 5.41) is 5.91. The molecule has 15 heavy (non-hydrogen) atoms. The number of amides is 2. The van der Waals surface area contributed by atoms with Gasteiger partial charge in [-0.25, -0.2) is 4.79 Å². The minimum atomic E-state index is -0.298. The normalized spacial score (nSPS) is 9.53. The lowest BCUT2D eigenvalue weighted by Crippen LogP contribution is -2.26. The number of hydrogen-bond donors (Lipinski definition) is 2. The second kappa shape index (κ2) is 4.84. The topological polar surface area (TPSA) is 41.1 Å². The van der Waals surface area contributed by atoms with Crippen LogP contribution in [0.5, 0.6) is 0 Å². The summed E-state index contributed by atoms with van der Waals surface area (Å²) in [7, 11) is 0. The van der Waals surface area contributed by atoms with E-state index in [1.54, 1.807) is 25.1 Å². The molecular formula is C11H13ClN2O. The fourth-order valence-corrected chi connectivity index (χ4v) is 1.34. The first-order valence-corrected chi connectivity index (χ1v) is 4.86. The molecule has 4 heteroatoms. The highest BCUT2D eigenvalue weighted by atomic mass is 35.5. The lowest BCUT2D eigenvalue weighted by Gasteiger charge is -2.09. The van der Waals surface area contributed by atoms with Crippen LogP contribution in [0.15, 0.2) is 30.5 Å². The molecule has 2 amide bonds. The number of halogens is 1. The van der Waals surface area contributed by atoms with Crippen LogP contribution in [0.25, 0.3) is 0 Å². The molecule has 0 aliphatic carbocycles. The third-order valence-electron chi connectivity index (χ3n) is 1.76. The van der Waals surface area contributed by atoms with Gasteiger partial charge in [-0.15, -0.1) is 0 Å². The van der Waals surface area contributed by atoms with E-state index in [0.29, 0.717) is 10.7 Å². The number of allylic oxidation sites excluding steroid dienone is 1. The number of carbonyl (C=O) groups excluding carboxylic acids is 1. The molecule has 0 saturated heterocycles. The van der Waals surface area contributed by atoms with Gasteiger partial charge >= 0.3 is 6.03 Å². The van der Waals surface area contributed by atoms with E-state index in [1.807, 2.05) is 6.92 Å². The molecule has 80 valence electrons. The number of hydrogen-bond acceptors (Lipinski definition) is 1. The highest BCUT2D eigenvalue weighted by Crippen LogP contribution is 2.19. The van der Waals surface area contributed by atoms with Crippen molar-refractivity contribution in [3.8, 4) is 0 Å². The van der Waals surface area contributed by atoms with Gasteiger partial charge < -0.3 is 10.6 Å². The van der Waals surface area contributed by atoms with Crippen LogP contribution in [-0.4, -0.2) is 6.03 Å². The fraction of sp³-hybridized carbons (Fsp3) is 0.182. The van der Waals surface area contributed by atoms with Crippen LogP contribution in [0.2, 0.25) is 5.02 Å². The Morgan fingerprint density at radius 2 is 2.13 bits per heavy atom. The number of nitrogens with one attached hydrogen (secondary N) is 2. The standard InChI is InChI=1S/C11H13ClN2O/c1-7(2)13-11(15)14-10-5-4-9(12)6-8(10)3/h4-6H,1H2,2-3H3,(H2,13,14,15). The van der Waals surface area contributed by atoms with E-state index in [2.05, 4.69) is 17.2 Å².